The van der Waals surface area contributed by atoms with E-state index >= 15 is 0 Å². The summed E-state index contributed by atoms with van der Waals surface area (Å²) in [5.41, 5.74) is 2.18. The molecule has 1 aliphatic rings. The van der Waals surface area contributed by atoms with E-state index in [1.54, 1.807) is 0 Å². The minimum Gasteiger partial charge on any atom is -0.481 e. The second-order valence-corrected chi connectivity index (χ2v) is 5.74. The first-order chi connectivity index (χ1) is 9.72. The van der Waals surface area contributed by atoms with Crippen LogP contribution in [0.3, 0.4) is 0 Å². The number of carboxylic acid groups (broad SMARTS) is 1. The van der Waals surface area contributed by atoms with Crippen LogP contribution in [0.15, 0.2) is 24.3 Å². The summed E-state index contributed by atoms with van der Waals surface area (Å²) in [6.45, 7) is 4.79. The number of unbranched alkanes of at least 4 members (excludes halogenated alkanes) is 4. The van der Waals surface area contributed by atoms with E-state index in [1.165, 1.54) is 37.7 Å². The molecule has 0 saturated carbocycles. The van der Waals surface area contributed by atoms with Gasteiger partial charge in [-0.25, -0.2) is 0 Å². The molecule has 0 bridgehead atoms. The molecule has 1 unspecified atom stereocenters. The van der Waals surface area contributed by atoms with Crippen molar-refractivity contribution in [2.45, 2.75) is 51.5 Å². The Kier molecular flexibility index (Phi) is 5.60. The van der Waals surface area contributed by atoms with Crippen LogP contribution in [0.25, 0.3) is 0 Å². The van der Waals surface area contributed by atoms with Gasteiger partial charge in [0.05, 0.1) is 5.92 Å². The Morgan fingerprint density at radius 2 is 2.00 bits per heavy atom. The third-order valence-corrected chi connectivity index (χ3v) is 4.14. The maximum atomic E-state index is 11.5. The molecule has 0 radical (unpaired) electrons. The monoisotopic (exact) mass is 275 g/mol. The lowest BCUT2D eigenvalue weighted by molar-refractivity contribution is -0.139. The Bertz CT molecular complexity index is 444. The first-order valence-electron chi connectivity index (χ1n) is 7.75. The largest absolute Gasteiger partial charge is 0.481 e. The summed E-state index contributed by atoms with van der Waals surface area (Å²) in [6, 6.07) is 7.97. The van der Waals surface area contributed by atoms with Gasteiger partial charge in [-0.3, -0.25) is 9.69 Å². The lowest BCUT2D eigenvalue weighted by Gasteiger charge is -2.32. The second-order valence-electron chi connectivity index (χ2n) is 5.74. The molecule has 1 aromatic carbocycles. The van der Waals surface area contributed by atoms with Crippen molar-refractivity contribution in [1.82, 2.24) is 4.90 Å². The summed E-state index contributed by atoms with van der Waals surface area (Å²) in [7, 11) is 0. The molecule has 1 atom stereocenters. The smallest absolute Gasteiger partial charge is 0.312 e. The number of benzene rings is 1. The Morgan fingerprint density at radius 1 is 1.25 bits per heavy atom. The van der Waals surface area contributed by atoms with Crippen molar-refractivity contribution in [3.63, 3.8) is 0 Å². The van der Waals surface area contributed by atoms with E-state index < -0.39 is 5.97 Å². The van der Waals surface area contributed by atoms with Crippen LogP contribution >= 0.6 is 0 Å². The number of rotatable bonds is 7. The van der Waals surface area contributed by atoms with Crippen LogP contribution in [-0.4, -0.2) is 29.1 Å². The molecule has 0 saturated heterocycles. The Balaban J connectivity index is 1.93. The third kappa shape index (κ3) is 3.83. The van der Waals surface area contributed by atoms with Gasteiger partial charge in [0.2, 0.25) is 0 Å². The van der Waals surface area contributed by atoms with E-state index in [0.29, 0.717) is 6.54 Å². The molecule has 0 spiro atoms. The fourth-order valence-corrected chi connectivity index (χ4v) is 3.00. The normalized spacial score (nSPS) is 18.8. The summed E-state index contributed by atoms with van der Waals surface area (Å²) in [5.74, 6) is -1.07. The summed E-state index contributed by atoms with van der Waals surface area (Å²) in [4.78, 5) is 13.7. The van der Waals surface area contributed by atoms with E-state index in [1.807, 2.05) is 18.2 Å². The highest BCUT2D eigenvalue weighted by molar-refractivity contribution is 5.77. The number of aliphatic carboxylic acids is 1. The molecule has 0 aliphatic carbocycles. The van der Waals surface area contributed by atoms with Gasteiger partial charge in [-0.15, -0.1) is 0 Å². The standard InChI is InChI=1S/C17H25NO2/c1-2-3-4-5-8-11-18-12-14-9-6-7-10-15(14)16(13-18)17(19)20/h6-7,9-10,16H,2-5,8,11-13H2,1H3,(H,19,20). The molecule has 2 rings (SSSR count). The van der Waals surface area contributed by atoms with Gasteiger partial charge in [0, 0.05) is 13.1 Å². The van der Waals surface area contributed by atoms with Crippen molar-refractivity contribution < 1.29 is 9.90 Å². The molecular weight excluding hydrogens is 250 g/mol. The Morgan fingerprint density at radius 3 is 2.75 bits per heavy atom. The van der Waals surface area contributed by atoms with E-state index in [-0.39, 0.29) is 5.92 Å². The fourth-order valence-electron chi connectivity index (χ4n) is 3.00. The van der Waals surface area contributed by atoms with Crippen molar-refractivity contribution in [1.29, 1.82) is 0 Å². The van der Waals surface area contributed by atoms with Gasteiger partial charge < -0.3 is 5.11 Å². The van der Waals surface area contributed by atoms with Crippen molar-refractivity contribution in [2.75, 3.05) is 13.1 Å². The van der Waals surface area contributed by atoms with Crippen LogP contribution < -0.4 is 0 Å². The van der Waals surface area contributed by atoms with Crippen LogP contribution in [-0.2, 0) is 11.3 Å². The molecule has 1 aromatic rings. The van der Waals surface area contributed by atoms with Crippen LogP contribution in [0, 0.1) is 0 Å². The molecule has 3 heteroatoms. The van der Waals surface area contributed by atoms with Crippen LogP contribution in [0.1, 0.15) is 56.1 Å². The highest BCUT2D eigenvalue weighted by Crippen LogP contribution is 2.28. The number of hydrogen-bond donors (Lipinski definition) is 1. The van der Waals surface area contributed by atoms with Crippen molar-refractivity contribution in [3.8, 4) is 0 Å². The lowest BCUT2D eigenvalue weighted by atomic mass is 9.89. The van der Waals surface area contributed by atoms with E-state index in [0.717, 1.165) is 18.7 Å². The molecule has 110 valence electrons. The zero-order chi connectivity index (χ0) is 14.4. The van der Waals surface area contributed by atoms with Crippen molar-refractivity contribution >= 4 is 5.97 Å². The Hall–Kier alpha value is -1.35. The fraction of sp³-hybridized carbons (Fsp3) is 0.588. The molecule has 0 fully saturated rings. The average molecular weight is 275 g/mol. The van der Waals surface area contributed by atoms with Crippen LogP contribution in [0.4, 0.5) is 0 Å². The van der Waals surface area contributed by atoms with Crippen molar-refractivity contribution in [2.24, 2.45) is 0 Å². The van der Waals surface area contributed by atoms with Gasteiger partial charge >= 0.3 is 5.97 Å². The van der Waals surface area contributed by atoms with Crippen LogP contribution in [0.2, 0.25) is 0 Å². The zero-order valence-corrected chi connectivity index (χ0v) is 12.3. The number of hydrogen-bond acceptors (Lipinski definition) is 2. The van der Waals surface area contributed by atoms with E-state index in [9.17, 15) is 9.90 Å². The maximum absolute atomic E-state index is 11.5. The van der Waals surface area contributed by atoms with Gasteiger partial charge in [-0.1, -0.05) is 56.9 Å². The predicted molar refractivity (Wildman–Crippen MR) is 80.9 cm³/mol. The number of fused-ring (bicyclic) bond motifs is 1. The minimum atomic E-state index is -0.701. The topological polar surface area (TPSA) is 40.5 Å². The highest BCUT2D eigenvalue weighted by Gasteiger charge is 2.29. The van der Waals surface area contributed by atoms with Gasteiger partial charge in [0.1, 0.15) is 0 Å². The van der Waals surface area contributed by atoms with Crippen molar-refractivity contribution in [3.05, 3.63) is 35.4 Å². The predicted octanol–water partition coefficient (Wildman–Crippen LogP) is 3.64. The minimum absolute atomic E-state index is 0.365. The summed E-state index contributed by atoms with van der Waals surface area (Å²) in [6.07, 6.45) is 6.29. The van der Waals surface area contributed by atoms with Gasteiger partial charge in [-0.2, -0.15) is 0 Å². The average Bonchev–Trinajstić information content (AvgIpc) is 2.46. The van der Waals surface area contributed by atoms with Gasteiger partial charge in [0.25, 0.3) is 0 Å². The highest BCUT2D eigenvalue weighted by atomic mass is 16.4. The van der Waals surface area contributed by atoms with Gasteiger partial charge in [0.15, 0.2) is 0 Å². The zero-order valence-electron chi connectivity index (χ0n) is 12.3. The molecular formula is C17H25NO2. The quantitative estimate of drug-likeness (QED) is 0.772. The third-order valence-electron chi connectivity index (χ3n) is 4.14. The SMILES string of the molecule is CCCCCCCN1Cc2ccccc2C(C(=O)O)C1. The molecule has 1 N–H and O–H groups in total. The maximum Gasteiger partial charge on any atom is 0.312 e. The van der Waals surface area contributed by atoms with Crippen LogP contribution in [0.5, 0.6) is 0 Å². The first kappa shape index (κ1) is 15.0. The summed E-state index contributed by atoms with van der Waals surface area (Å²) >= 11 is 0. The lowest BCUT2D eigenvalue weighted by Crippen LogP contribution is -2.37. The van der Waals surface area contributed by atoms with E-state index in [4.69, 9.17) is 0 Å². The molecule has 0 aromatic heterocycles. The van der Waals surface area contributed by atoms with Gasteiger partial charge in [-0.05, 0) is 24.1 Å². The number of carboxylic acids is 1. The van der Waals surface area contributed by atoms with E-state index in [2.05, 4.69) is 17.9 Å². The summed E-state index contributed by atoms with van der Waals surface area (Å²) < 4.78 is 0. The first-order valence-corrected chi connectivity index (χ1v) is 7.75. The molecule has 1 aliphatic heterocycles. The number of nitrogens with zero attached hydrogens (tertiary/aromatic N) is 1. The molecule has 1 heterocycles. The molecule has 0 amide bonds. The Labute approximate surface area is 121 Å². The summed E-state index contributed by atoms with van der Waals surface area (Å²) in [5, 5.41) is 9.42. The second kappa shape index (κ2) is 7.44. The molecule has 20 heavy (non-hydrogen) atoms. The molecule has 3 nitrogen and oxygen atoms in total. The number of carbonyl (C=O) groups is 1.